The normalized spacial score (nSPS) is 12.8. The van der Waals surface area contributed by atoms with Crippen LogP contribution in [0.2, 0.25) is 8.67 Å². The summed E-state index contributed by atoms with van der Waals surface area (Å²) in [5.41, 5.74) is 1.11. The van der Waals surface area contributed by atoms with Crippen LogP contribution in [0, 0.1) is 18.6 Å². The van der Waals surface area contributed by atoms with Crippen LogP contribution < -0.4 is 0 Å². The van der Waals surface area contributed by atoms with Gasteiger partial charge in [-0.05, 0) is 30.7 Å². The van der Waals surface area contributed by atoms with Gasteiger partial charge in [-0.2, -0.15) is 0 Å². The predicted octanol–water partition coefficient (Wildman–Crippen LogP) is 6.13. The number of thiophene rings is 1. The van der Waals surface area contributed by atoms with Crippen molar-refractivity contribution in [2.75, 3.05) is 0 Å². The van der Waals surface area contributed by atoms with Gasteiger partial charge in [0.25, 0.3) is 0 Å². The molecule has 0 saturated carbocycles. The Morgan fingerprint density at radius 2 is 1.78 bits per heavy atom. The van der Waals surface area contributed by atoms with Gasteiger partial charge < -0.3 is 0 Å². The monoisotopic (exact) mass is 370 g/mol. The van der Waals surface area contributed by atoms with Gasteiger partial charge in [-0.3, -0.25) is 0 Å². The van der Waals surface area contributed by atoms with Crippen molar-refractivity contribution in [2.45, 2.75) is 11.8 Å². The fraction of sp³-hybridized carbons (Fsp3) is 0.167. The van der Waals surface area contributed by atoms with E-state index in [1.165, 1.54) is 30.4 Å². The SMILES string of the molecule is Cc1cc(F)c(C(Br)c2cc(Cl)sc2Cl)cc1F. The Kier molecular flexibility index (Phi) is 4.32. The molecule has 96 valence electrons. The molecule has 0 aliphatic heterocycles. The molecule has 1 aromatic carbocycles. The molecule has 1 unspecified atom stereocenters. The molecule has 0 aliphatic carbocycles. The zero-order chi connectivity index (χ0) is 13.4. The molecular formula is C12H7BrCl2F2S. The lowest BCUT2D eigenvalue weighted by molar-refractivity contribution is 0.581. The van der Waals surface area contributed by atoms with E-state index in [1.54, 1.807) is 6.07 Å². The molecule has 2 aromatic rings. The minimum absolute atomic E-state index is 0.203. The molecule has 6 heteroatoms. The minimum Gasteiger partial charge on any atom is -0.207 e. The maximum atomic E-state index is 13.8. The topological polar surface area (TPSA) is 0 Å². The molecule has 0 spiro atoms. The zero-order valence-electron chi connectivity index (χ0n) is 9.11. The number of aryl methyl sites for hydroxylation is 1. The van der Waals surface area contributed by atoms with E-state index in [9.17, 15) is 8.78 Å². The molecule has 1 aromatic heterocycles. The van der Waals surface area contributed by atoms with Gasteiger partial charge >= 0.3 is 0 Å². The van der Waals surface area contributed by atoms with Gasteiger partial charge in [-0.1, -0.05) is 39.1 Å². The van der Waals surface area contributed by atoms with E-state index >= 15 is 0 Å². The summed E-state index contributed by atoms with van der Waals surface area (Å²) in [5, 5.41) is 0. The summed E-state index contributed by atoms with van der Waals surface area (Å²) in [6, 6.07) is 3.98. The molecule has 0 N–H and O–H groups in total. The Bertz CT molecular complexity index is 598. The second kappa shape index (κ2) is 5.45. The Morgan fingerprint density at radius 1 is 1.11 bits per heavy atom. The Labute approximate surface area is 126 Å². The maximum absolute atomic E-state index is 13.8. The summed E-state index contributed by atoms with van der Waals surface area (Å²) in [5.74, 6) is -0.928. The summed E-state index contributed by atoms with van der Waals surface area (Å²) in [7, 11) is 0. The van der Waals surface area contributed by atoms with Crippen molar-refractivity contribution < 1.29 is 8.78 Å². The van der Waals surface area contributed by atoms with Crippen LogP contribution in [-0.2, 0) is 0 Å². The van der Waals surface area contributed by atoms with E-state index in [-0.39, 0.29) is 11.1 Å². The molecule has 0 nitrogen and oxygen atoms in total. The standard InChI is InChI=1S/C12H7BrCl2F2S/c1-5-2-9(17)6(3-8(5)16)11(13)7-4-10(14)18-12(7)15/h2-4,11H,1H3. The summed E-state index contributed by atoms with van der Waals surface area (Å²) in [4.78, 5) is -0.524. The third-order valence-electron chi connectivity index (χ3n) is 2.51. The highest BCUT2D eigenvalue weighted by Gasteiger charge is 2.21. The first-order valence-corrected chi connectivity index (χ1v) is 7.43. The summed E-state index contributed by atoms with van der Waals surface area (Å²) in [6.45, 7) is 1.51. The fourth-order valence-corrected chi connectivity index (χ4v) is 4.08. The number of halogens is 5. The van der Waals surface area contributed by atoms with Gasteiger partial charge in [-0.15, -0.1) is 11.3 Å². The quantitative estimate of drug-likeness (QED) is 0.557. The smallest absolute Gasteiger partial charge is 0.128 e. The largest absolute Gasteiger partial charge is 0.207 e. The Hall–Kier alpha value is -0.160. The second-order valence-electron chi connectivity index (χ2n) is 3.77. The van der Waals surface area contributed by atoms with Gasteiger partial charge in [0.15, 0.2) is 0 Å². The Balaban J connectivity index is 2.49. The third-order valence-corrected chi connectivity index (χ3v) is 5.01. The maximum Gasteiger partial charge on any atom is 0.128 e. The first-order valence-electron chi connectivity index (χ1n) is 4.94. The van der Waals surface area contributed by atoms with Crippen molar-refractivity contribution in [2.24, 2.45) is 0 Å². The molecule has 0 amide bonds. The van der Waals surface area contributed by atoms with Gasteiger partial charge in [0.05, 0.1) is 13.5 Å². The first kappa shape index (κ1) is 14.3. The highest BCUT2D eigenvalue weighted by molar-refractivity contribution is 9.09. The summed E-state index contributed by atoms with van der Waals surface area (Å²) in [6.07, 6.45) is 0. The van der Waals surface area contributed by atoms with E-state index in [1.807, 2.05) is 0 Å². The number of rotatable bonds is 2. The lowest BCUT2D eigenvalue weighted by Gasteiger charge is -2.11. The molecule has 0 bridgehead atoms. The van der Waals surface area contributed by atoms with Crippen LogP contribution in [0.25, 0.3) is 0 Å². The van der Waals surface area contributed by atoms with Crippen LogP contribution in [0.4, 0.5) is 8.78 Å². The number of hydrogen-bond acceptors (Lipinski definition) is 1. The summed E-state index contributed by atoms with van der Waals surface area (Å²) >= 11 is 16.4. The van der Waals surface area contributed by atoms with Crippen molar-refractivity contribution >= 4 is 50.5 Å². The van der Waals surface area contributed by atoms with Crippen LogP contribution in [0.5, 0.6) is 0 Å². The van der Waals surface area contributed by atoms with Crippen molar-refractivity contribution in [3.8, 4) is 0 Å². The van der Waals surface area contributed by atoms with Crippen molar-refractivity contribution in [3.63, 3.8) is 0 Å². The van der Waals surface area contributed by atoms with Crippen molar-refractivity contribution in [3.05, 3.63) is 55.2 Å². The summed E-state index contributed by atoms with van der Waals surface area (Å²) < 4.78 is 28.3. The average molecular weight is 372 g/mol. The van der Waals surface area contributed by atoms with Gasteiger partial charge in [0.2, 0.25) is 0 Å². The lowest BCUT2D eigenvalue weighted by atomic mass is 10.0. The zero-order valence-corrected chi connectivity index (χ0v) is 13.0. The number of hydrogen-bond donors (Lipinski definition) is 0. The fourth-order valence-electron chi connectivity index (χ4n) is 1.55. The minimum atomic E-state index is -0.524. The molecule has 0 aliphatic rings. The molecule has 1 heterocycles. The van der Waals surface area contributed by atoms with Crippen LogP contribution >= 0.6 is 50.5 Å². The molecule has 1 atom stereocenters. The van der Waals surface area contributed by atoms with Gasteiger partial charge in [0, 0.05) is 11.1 Å². The van der Waals surface area contributed by atoms with E-state index < -0.39 is 16.5 Å². The van der Waals surface area contributed by atoms with Crippen molar-refractivity contribution in [1.82, 2.24) is 0 Å². The van der Waals surface area contributed by atoms with E-state index in [0.29, 0.717) is 14.2 Å². The van der Waals surface area contributed by atoms with Crippen LogP contribution in [0.15, 0.2) is 18.2 Å². The van der Waals surface area contributed by atoms with E-state index in [0.717, 1.165) is 0 Å². The molecular weight excluding hydrogens is 365 g/mol. The lowest BCUT2D eigenvalue weighted by Crippen LogP contribution is -1.98. The first-order chi connectivity index (χ1) is 8.40. The molecule has 0 radical (unpaired) electrons. The number of alkyl halides is 1. The molecule has 0 saturated heterocycles. The molecule has 0 fully saturated rings. The van der Waals surface area contributed by atoms with Crippen LogP contribution in [-0.4, -0.2) is 0 Å². The van der Waals surface area contributed by atoms with E-state index in [4.69, 9.17) is 23.2 Å². The van der Waals surface area contributed by atoms with Gasteiger partial charge in [-0.25, -0.2) is 8.78 Å². The average Bonchev–Trinajstić information content (AvgIpc) is 2.62. The van der Waals surface area contributed by atoms with Crippen LogP contribution in [0.3, 0.4) is 0 Å². The highest BCUT2D eigenvalue weighted by Crippen LogP contribution is 2.42. The van der Waals surface area contributed by atoms with Crippen LogP contribution in [0.1, 0.15) is 21.5 Å². The van der Waals surface area contributed by atoms with Crippen molar-refractivity contribution in [1.29, 1.82) is 0 Å². The second-order valence-corrected chi connectivity index (χ2v) is 6.97. The molecule has 18 heavy (non-hydrogen) atoms. The Morgan fingerprint density at radius 3 is 2.33 bits per heavy atom. The highest BCUT2D eigenvalue weighted by atomic mass is 79.9. The predicted molar refractivity (Wildman–Crippen MR) is 76.2 cm³/mol. The number of benzene rings is 1. The molecule has 2 rings (SSSR count). The third kappa shape index (κ3) is 2.72. The van der Waals surface area contributed by atoms with E-state index in [2.05, 4.69) is 15.9 Å². The van der Waals surface area contributed by atoms with Gasteiger partial charge in [0.1, 0.15) is 11.6 Å².